The average molecular weight is 452 g/mol. The molecule has 1 aromatic carbocycles. The van der Waals surface area contributed by atoms with Crippen molar-refractivity contribution in [1.82, 2.24) is 10.2 Å². The van der Waals surface area contributed by atoms with Gasteiger partial charge in [0, 0.05) is 33.4 Å². The normalized spacial score (nSPS) is 11.2. The van der Waals surface area contributed by atoms with Crippen LogP contribution in [0.1, 0.15) is 20.1 Å². The summed E-state index contributed by atoms with van der Waals surface area (Å²) in [5.41, 5.74) is 0.551. The number of halogens is 1. The molecule has 4 rings (SSSR count). The van der Waals surface area contributed by atoms with E-state index in [0.29, 0.717) is 25.7 Å². The van der Waals surface area contributed by atoms with Crippen molar-refractivity contribution in [2.75, 3.05) is 12.4 Å². The molecule has 4 aromatic rings. The Morgan fingerprint density at radius 2 is 2.14 bits per heavy atom. The molecule has 10 heteroatoms. The van der Waals surface area contributed by atoms with Crippen LogP contribution in [-0.2, 0) is 17.1 Å². The Hall–Kier alpha value is -1.85. The molecule has 0 atom stereocenters. The lowest BCUT2D eigenvalue weighted by Crippen LogP contribution is -2.12. The Labute approximate surface area is 176 Å². The molecule has 0 aliphatic heterocycles. The van der Waals surface area contributed by atoms with Crippen molar-refractivity contribution in [2.45, 2.75) is 16.7 Å². The number of rotatable bonds is 7. The maximum Gasteiger partial charge on any atom is 0.267 e. The van der Waals surface area contributed by atoms with Crippen molar-refractivity contribution < 1.29 is 13.9 Å². The molecule has 0 spiro atoms. The van der Waals surface area contributed by atoms with E-state index in [1.54, 1.807) is 35.2 Å². The van der Waals surface area contributed by atoms with Crippen LogP contribution in [0.4, 0.5) is 9.52 Å². The Morgan fingerprint density at radius 3 is 2.93 bits per heavy atom. The first-order valence-corrected chi connectivity index (χ1v) is 11.6. The predicted molar refractivity (Wildman–Crippen MR) is 114 cm³/mol. The summed E-state index contributed by atoms with van der Waals surface area (Å²) >= 11 is 5.83. The fourth-order valence-corrected chi connectivity index (χ4v) is 6.27. The number of methoxy groups -OCH3 is 1. The fourth-order valence-electron chi connectivity index (χ4n) is 2.63. The molecule has 1 amide bonds. The maximum atomic E-state index is 14.3. The first kappa shape index (κ1) is 19.5. The van der Waals surface area contributed by atoms with E-state index in [2.05, 4.69) is 21.6 Å². The molecule has 0 aliphatic rings. The Morgan fingerprint density at radius 1 is 1.25 bits per heavy atom. The van der Waals surface area contributed by atoms with E-state index >= 15 is 0 Å². The summed E-state index contributed by atoms with van der Waals surface area (Å²) in [7, 11) is 1.52. The maximum absolute atomic E-state index is 14.3. The largest absolute Gasteiger partial charge is 0.380 e. The van der Waals surface area contributed by atoms with Gasteiger partial charge in [-0.15, -0.1) is 32.9 Å². The quantitative estimate of drug-likeness (QED) is 0.291. The number of nitrogens with one attached hydrogen (secondary N) is 1. The minimum absolute atomic E-state index is 0.154. The van der Waals surface area contributed by atoms with Crippen molar-refractivity contribution >= 4 is 66.9 Å². The third-order valence-electron chi connectivity index (χ3n) is 3.80. The molecular weight excluding hydrogens is 437 g/mol. The monoisotopic (exact) mass is 451 g/mol. The molecule has 144 valence electrons. The van der Waals surface area contributed by atoms with Crippen LogP contribution in [0, 0.1) is 5.82 Å². The van der Waals surface area contributed by atoms with Gasteiger partial charge in [0.1, 0.15) is 5.82 Å². The second-order valence-electron chi connectivity index (χ2n) is 5.65. The van der Waals surface area contributed by atoms with Gasteiger partial charge in [0.2, 0.25) is 5.13 Å². The standard InChI is InChI=1S/C18H14FN3O2S4/c1-24-8-11-14-12(19)5-2-6-13(14)27-15(11)16(23)20-17-21-22-18(28-17)26-9-10-4-3-7-25-10/h2-7H,8-9H2,1H3,(H,20,21,23). The number of anilines is 1. The van der Waals surface area contributed by atoms with E-state index in [1.165, 1.54) is 40.7 Å². The zero-order chi connectivity index (χ0) is 19.5. The zero-order valence-corrected chi connectivity index (χ0v) is 17.9. The summed E-state index contributed by atoms with van der Waals surface area (Å²) in [6, 6.07) is 8.90. The first-order valence-electron chi connectivity index (χ1n) is 8.14. The highest BCUT2D eigenvalue weighted by molar-refractivity contribution is 8.00. The number of thioether (sulfide) groups is 1. The number of hydrogen-bond donors (Lipinski definition) is 1. The van der Waals surface area contributed by atoms with Crippen LogP contribution in [0.2, 0.25) is 0 Å². The topological polar surface area (TPSA) is 64.1 Å². The molecule has 3 heterocycles. The highest BCUT2D eigenvalue weighted by Crippen LogP contribution is 2.35. The van der Waals surface area contributed by atoms with Crippen LogP contribution in [0.15, 0.2) is 40.1 Å². The smallest absolute Gasteiger partial charge is 0.267 e. The van der Waals surface area contributed by atoms with Gasteiger partial charge >= 0.3 is 0 Å². The number of ether oxygens (including phenoxy) is 1. The van der Waals surface area contributed by atoms with E-state index < -0.39 is 0 Å². The minimum Gasteiger partial charge on any atom is -0.380 e. The summed E-state index contributed by atoms with van der Waals surface area (Å²) < 4.78 is 21.0. The van der Waals surface area contributed by atoms with E-state index in [-0.39, 0.29) is 18.3 Å². The SMILES string of the molecule is COCc1c(C(=O)Nc2nnc(SCc3cccs3)s2)sc2cccc(F)c12. The summed E-state index contributed by atoms with van der Waals surface area (Å²) in [4.78, 5) is 14.5. The average Bonchev–Trinajstić information content (AvgIpc) is 3.41. The Kier molecular flexibility index (Phi) is 6.02. The second-order valence-corrected chi connectivity index (χ2v) is 9.94. The third-order valence-corrected chi connectivity index (χ3v) is 8.08. The second kappa shape index (κ2) is 8.66. The van der Waals surface area contributed by atoms with Gasteiger partial charge in [-0.2, -0.15) is 0 Å². The van der Waals surface area contributed by atoms with Gasteiger partial charge < -0.3 is 4.74 Å². The zero-order valence-electron chi connectivity index (χ0n) is 14.6. The number of nitrogens with zero attached hydrogens (tertiary/aromatic N) is 2. The number of aromatic nitrogens is 2. The number of benzene rings is 1. The summed E-state index contributed by atoms with van der Waals surface area (Å²) in [6.45, 7) is 0.154. The first-order chi connectivity index (χ1) is 13.7. The van der Waals surface area contributed by atoms with Crippen LogP contribution < -0.4 is 5.32 Å². The molecule has 1 N–H and O–H groups in total. The van der Waals surface area contributed by atoms with Crippen molar-refractivity contribution in [1.29, 1.82) is 0 Å². The molecule has 5 nitrogen and oxygen atoms in total. The molecule has 0 bridgehead atoms. The van der Waals surface area contributed by atoms with Gasteiger partial charge in [-0.25, -0.2) is 4.39 Å². The molecule has 0 saturated carbocycles. The Balaban J connectivity index is 1.52. The highest BCUT2D eigenvalue weighted by atomic mass is 32.2. The van der Waals surface area contributed by atoms with Crippen LogP contribution in [0.3, 0.4) is 0 Å². The Bertz CT molecular complexity index is 1110. The van der Waals surface area contributed by atoms with Crippen LogP contribution in [0.25, 0.3) is 10.1 Å². The number of carbonyl (C=O) groups excluding carboxylic acids is 1. The summed E-state index contributed by atoms with van der Waals surface area (Å²) in [5, 5.41) is 13.8. The fraction of sp³-hybridized carbons (Fsp3) is 0.167. The van der Waals surface area contributed by atoms with Gasteiger partial charge in [0.15, 0.2) is 4.34 Å². The summed E-state index contributed by atoms with van der Waals surface area (Å²) in [6.07, 6.45) is 0. The molecule has 0 fully saturated rings. The molecule has 0 saturated heterocycles. The molecule has 0 radical (unpaired) electrons. The number of carbonyl (C=O) groups is 1. The highest BCUT2D eigenvalue weighted by Gasteiger charge is 2.21. The van der Waals surface area contributed by atoms with Crippen molar-refractivity contribution in [2.24, 2.45) is 0 Å². The molecule has 0 aliphatic carbocycles. The lowest BCUT2D eigenvalue weighted by molar-refractivity contribution is 0.102. The van der Waals surface area contributed by atoms with Crippen LogP contribution in [0.5, 0.6) is 0 Å². The lowest BCUT2D eigenvalue weighted by Gasteiger charge is -2.03. The van der Waals surface area contributed by atoms with Gasteiger partial charge in [-0.1, -0.05) is 35.2 Å². The van der Waals surface area contributed by atoms with E-state index in [4.69, 9.17) is 4.74 Å². The van der Waals surface area contributed by atoms with Gasteiger partial charge in [0.05, 0.1) is 11.5 Å². The van der Waals surface area contributed by atoms with Crippen molar-refractivity contribution in [3.05, 3.63) is 56.8 Å². The third kappa shape index (κ3) is 4.11. The van der Waals surface area contributed by atoms with Gasteiger partial charge in [-0.05, 0) is 23.6 Å². The van der Waals surface area contributed by atoms with Gasteiger partial charge in [0.25, 0.3) is 5.91 Å². The van der Waals surface area contributed by atoms with Gasteiger partial charge in [-0.3, -0.25) is 10.1 Å². The number of fused-ring (bicyclic) bond motifs is 1. The van der Waals surface area contributed by atoms with Crippen LogP contribution in [-0.4, -0.2) is 23.2 Å². The molecular formula is C18H14FN3O2S4. The van der Waals surface area contributed by atoms with Crippen molar-refractivity contribution in [3.8, 4) is 0 Å². The molecule has 3 aromatic heterocycles. The molecule has 28 heavy (non-hydrogen) atoms. The van der Waals surface area contributed by atoms with E-state index in [9.17, 15) is 9.18 Å². The van der Waals surface area contributed by atoms with Crippen molar-refractivity contribution in [3.63, 3.8) is 0 Å². The van der Waals surface area contributed by atoms with E-state index in [1.807, 2.05) is 11.4 Å². The number of hydrogen-bond acceptors (Lipinski definition) is 8. The molecule has 0 unspecified atom stereocenters. The van der Waals surface area contributed by atoms with Crippen LogP contribution >= 0.6 is 45.8 Å². The number of thiophene rings is 2. The lowest BCUT2D eigenvalue weighted by atomic mass is 10.1. The predicted octanol–water partition coefficient (Wildman–Crippen LogP) is 5.64. The minimum atomic E-state index is -0.358. The summed E-state index contributed by atoms with van der Waals surface area (Å²) in [5.74, 6) is 0.120. The number of amides is 1. The van der Waals surface area contributed by atoms with E-state index in [0.717, 1.165) is 10.1 Å².